The van der Waals surface area contributed by atoms with Crippen LogP contribution in [0.15, 0.2) is 22.7 Å². The van der Waals surface area contributed by atoms with Crippen LogP contribution in [0, 0.1) is 18.8 Å². The fourth-order valence-corrected chi connectivity index (χ4v) is 3.50. The predicted octanol–water partition coefficient (Wildman–Crippen LogP) is 4.70. The fourth-order valence-electron chi connectivity index (χ4n) is 3.12. The first-order valence-corrected chi connectivity index (χ1v) is 8.35. The lowest BCUT2D eigenvalue weighted by molar-refractivity contribution is 0.0889. The molecule has 1 aromatic carbocycles. The summed E-state index contributed by atoms with van der Waals surface area (Å²) in [6, 6.07) is 6.14. The van der Waals surface area contributed by atoms with Gasteiger partial charge in [-0.1, -0.05) is 48.7 Å². The maximum atomic E-state index is 12.4. The molecule has 2 rings (SSSR count). The molecule has 1 aliphatic carbocycles. The molecule has 0 aromatic heterocycles. The van der Waals surface area contributed by atoms with E-state index in [1.54, 1.807) is 0 Å². The minimum Gasteiger partial charge on any atom is -0.349 e. The number of nitrogens with one attached hydrogen (secondary N) is 1. The third kappa shape index (κ3) is 3.63. The van der Waals surface area contributed by atoms with Gasteiger partial charge in [0, 0.05) is 16.1 Å². The van der Waals surface area contributed by atoms with Gasteiger partial charge in [-0.05, 0) is 49.3 Å². The number of hydrogen-bond donors (Lipinski definition) is 1. The van der Waals surface area contributed by atoms with Crippen molar-refractivity contribution in [2.45, 2.75) is 52.5 Å². The molecule has 110 valence electrons. The molecular weight excluding hydrogens is 314 g/mol. The van der Waals surface area contributed by atoms with Gasteiger partial charge in [0.2, 0.25) is 0 Å². The Morgan fingerprint density at radius 3 is 2.65 bits per heavy atom. The summed E-state index contributed by atoms with van der Waals surface area (Å²) in [7, 11) is 0. The van der Waals surface area contributed by atoms with Crippen LogP contribution >= 0.6 is 15.9 Å². The Hall–Kier alpha value is -0.830. The SMILES string of the molecule is Cc1ccc(C(=O)NC2CCCCC2C(C)C)cc1Br. The zero-order valence-corrected chi connectivity index (χ0v) is 14.2. The van der Waals surface area contributed by atoms with Crippen LogP contribution in [0.5, 0.6) is 0 Å². The van der Waals surface area contributed by atoms with E-state index in [1.165, 1.54) is 19.3 Å². The van der Waals surface area contributed by atoms with E-state index < -0.39 is 0 Å². The van der Waals surface area contributed by atoms with Crippen molar-refractivity contribution in [3.63, 3.8) is 0 Å². The Bertz CT molecular complexity index is 484. The van der Waals surface area contributed by atoms with Crippen molar-refractivity contribution >= 4 is 21.8 Å². The number of halogens is 1. The Kier molecular flexibility index (Phi) is 5.25. The molecule has 0 heterocycles. The second kappa shape index (κ2) is 6.75. The van der Waals surface area contributed by atoms with E-state index in [2.05, 4.69) is 35.1 Å². The number of benzene rings is 1. The van der Waals surface area contributed by atoms with E-state index in [4.69, 9.17) is 0 Å². The maximum Gasteiger partial charge on any atom is 0.251 e. The topological polar surface area (TPSA) is 29.1 Å². The molecule has 0 bridgehead atoms. The molecule has 2 nitrogen and oxygen atoms in total. The van der Waals surface area contributed by atoms with Gasteiger partial charge in [0.25, 0.3) is 5.91 Å². The lowest BCUT2D eigenvalue weighted by atomic mass is 9.78. The van der Waals surface area contributed by atoms with Gasteiger partial charge < -0.3 is 5.32 Å². The van der Waals surface area contributed by atoms with Gasteiger partial charge in [-0.15, -0.1) is 0 Å². The highest BCUT2D eigenvalue weighted by Gasteiger charge is 2.28. The number of carbonyl (C=O) groups is 1. The Labute approximate surface area is 130 Å². The Balaban J connectivity index is 2.07. The van der Waals surface area contributed by atoms with Crippen LogP contribution in [0.1, 0.15) is 55.5 Å². The molecule has 0 saturated heterocycles. The van der Waals surface area contributed by atoms with E-state index in [9.17, 15) is 4.79 Å². The molecule has 0 aliphatic heterocycles. The molecule has 1 aliphatic rings. The third-order valence-electron chi connectivity index (χ3n) is 4.43. The maximum absolute atomic E-state index is 12.4. The highest BCUT2D eigenvalue weighted by atomic mass is 79.9. The number of hydrogen-bond acceptors (Lipinski definition) is 1. The quantitative estimate of drug-likeness (QED) is 0.850. The summed E-state index contributed by atoms with van der Waals surface area (Å²) in [5.74, 6) is 1.30. The average molecular weight is 338 g/mol. The van der Waals surface area contributed by atoms with E-state index in [0.29, 0.717) is 17.9 Å². The molecular formula is C17H24BrNO. The molecule has 2 unspecified atom stereocenters. The van der Waals surface area contributed by atoms with E-state index in [0.717, 1.165) is 22.0 Å². The van der Waals surface area contributed by atoms with Crippen molar-refractivity contribution in [3.05, 3.63) is 33.8 Å². The molecule has 2 atom stereocenters. The Morgan fingerprint density at radius 1 is 1.30 bits per heavy atom. The molecule has 1 amide bonds. The first-order valence-electron chi connectivity index (χ1n) is 7.56. The van der Waals surface area contributed by atoms with Crippen LogP contribution < -0.4 is 5.32 Å². The van der Waals surface area contributed by atoms with E-state index >= 15 is 0 Å². The van der Waals surface area contributed by atoms with Crippen LogP contribution in [0.2, 0.25) is 0 Å². The normalized spacial score (nSPS) is 22.9. The highest BCUT2D eigenvalue weighted by molar-refractivity contribution is 9.10. The number of amides is 1. The summed E-state index contributed by atoms with van der Waals surface area (Å²) in [5.41, 5.74) is 1.90. The van der Waals surface area contributed by atoms with Gasteiger partial charge >= 0.3 is 0 Å². The standard InChI is InChI=1S/C17H24BrNO/c1-11(2)14-6-4-5-7-16(14)19-17(20)13-9-8-12(3)15(18)10-13/h8-11,14,16H,4-7H2,1-3H3,(H,19,20). The zero-order chi connectivity index (χ0) is 14.7. The van der Waals surface area contributed by atoms with Crippen molar-refractivity contribution in [1.29, 1.82) is 0 Å². The number of carbonyl (C=O) groups excluding carboxylic acids is 1. The predicted molar refractivity (Wildman–Crippen MR) is 86.9 cm³/mol. The summed E-state index contributed by atoms with van der Waals surface area (Å²) in [4.78, 5) is 12.4. The van der Waals surface area contributed by atoms with Gasteiger partial charge in [-0.2, -0.15) is 0 Å². The van der Waals surface area contributed by atoms with Crippen LogP contribution in [0.3, 0.4) is 0 Å². The number of aryl methyl sites for hydroxylation is 1. The summed E-state index contributed by atoms with van der Waals surface area (Å²) >= 11 is 3.49. The molecule has 0 radical (unpaired) electrons. The summed E-state index contributed by atoms with van der Waals surface area (Å²) < 4.78 is 0.995. The summed E-state index contributed by atoms with van der Waals surface area (Å²) in [5, 5.41) is 3.25. The van der Waals surface area contributed by atoms with Gasteiger partial charge in [0.15, 0.2) is 0 Å². The molecule has 3 heteroatoms. The molecule has 20 heavy (non-hydrogen) atoms. The monoisotopic (exact) mass is 337 g/mol. The lowest BCUT2D eigenvalue weighted by Crippen LogP contribution is -2.43. The van der Waals surface area contributed by atoms with Crippen molar-refractivity contribution in [2.24, 2.45) is 11.8 Å². The van der Waals surface area contributed by atoms with Crippen LogP contribution in [0.4, 0.5) is 0 Å². The lowest BCUT2D eigenvalue weighted by Gasteiger charge is -2.34. The van der Waals surface area contributed by atoms with Crippen LogP contribution in [0.25, 0.3) is 0 Å². The van der Waals surface area contributed by atoms with Crippen molar-refractivity contribution in [3.8, 4) is 0 Å². The van der Waals surface area contributed by atoms with Crippen LogP contribution in [-0.4, -0.2) is 11.9 Å². The Morgan fingerprint density at radius 2 is 2.00 bits per heavy atom. The van der Waals surface area contributed by atoms with Gasteiger partial charge in [0.05, 0.1) is 0 Å². The minimum atomic E-state index is 0.0586. The average Bonchev–Trinajstić information content (AvgIpc) is 2.42. The molecule has 1 saturated carbocycles. The van der Waals surface area contributed by atoms with E-state index in [-0.39, 0.29) is 5.91 Å². The largest absolute Gasteiger partial charge is 0.349 e. The second-order valence-electron chi connectivity index (χ2n) is 6.24. The van der Waals surface area contributed by atoms with Gasteiger partial charge in [-0.3, -0.25) is 4.79 Å². The second-order valence-corrected chi connectivity index (χ2v) is 7.09. The van der Waals surface area contributed by atoms with Gasteiger partial charge in [0.1, 0.15) is 0 Å². The van der Waals surface area contributed by atoms with Gasteiger partial charge in [-0.25, -0.2) is 0 Å². The fraction of sp³-hybridized carbons (Fsp3) is 0.588. The number of rotatable bonds is 3. The first-order chi connectivity index (χ1) is 9.49. The summed E-state index contributed by atoms with van der Waals surface area (Å²) in [6.45, 7) is 6.55. The minimum absolute atomic E-state index is 0.0586. The zero-order valence-electron chi connectivity index (χ0n) is 12.6. The molecule has 0 spiro atoms. The molecule has 1 aromatic rings. The first kappa shape index (κ1) is 15.6. The smallest absolute Gasteiger partial charge is 0.251 e. The molecule has 1 fully saturated rings. The highest BCUT2D eigenvalue weighted by Crippen LogP contribution is 2.30. The van der Waals surface area contributed by atoms with Crippen molar-refractivity contribution < 1.29 is 4.79 Å². The third-order valence-corrected chi connectivity index (χ3v) is 5.28. The van der Waals surface area contributed by atoms with Crippen molar-refractivity contribution in [2.75, 3.05) is 0 Å². The molecule has 1 N–H and O–H groups in total. The van der Waals surface area contributed by atoms with Crippen molar-refractivity contribution in [1.82, 2.24) is 5.32 Å². The van der Waals surface area contributed by atoms with E-state index in [1.807, 2.05) is 25.1 Å². The van der Waals surface area contributed by atoms with Crippen LogP contribution in [-0.2, 0) is 0 Å². The summed E-state index contributed by atoms with van der Waals surface area (Å²) in [6.07, 6.45) is 4.87.